The number of nitrogens with one attached hydrogen (secondary N) is 1. The highest BCUT2D eigenvalue weighted by atomic mass is 19.1. The maximum atomic E-state index is 14.8. The van der Waals surface area contributed by atoms with Gasteiger partial charge in [0.05, 0.1) is 12.7 Å². The van der Waals surface area contributed by atoms with Gasteiger partial charge in [-0.15, -0.1) is 0 Å². The van der Waals surface area contributed by atoms with Crippen molar-refractivity contribution in [2.45, 2.75) is 52.1 Å². The molecule has 5 rings (SSSR count). The lowest BCUT2D eigenvalue weighted by atomic mass is 10.1. The van der Waals surface area contributed by atoms with Crippen LogP contribution in [-0.4, -0.2) is 43.3 Å². The van der Waals surface area contributed by atoms with E-state index in [-0.39, 0.29) is 17.5 Å². The molecule has 1 aliphatic heterocycles. The Balaban J connectivity index is 1.30. The van der Waals surface area contributed by atoms with Gasteiger partial charge in [0.15, 0.2) is 17.3 Å². The summed E-state index contributed by atoms with van der Waals surface area (Å²) < 4.78 is 32.2. The van der Waals surface area contributed by atoms with Gasteiger partial charge in [-0.1, -0.05) is 6.92 Å². The minimum Gasteiger partial charge on any atom is -0.487 e. The van der Waals surface area contributed by atoms with E-state index in [4.69, 9.17) is 13.9 Å². The lowest BCUT2D eigenvalue weighted by Crippen LogP contribution is -2.26. The van der Waals surface area contributed by atoms with Gasteiger partial charge in [-0.2, -0.15) is 4.98 Å². The van der Waals surface area contributed by atoms with Crippen LogP contribution in [0.4, 0.5) is 16.1 Å². The van der Waals surface area contributed by atoms with Crippen molar-refractivity contribution >= 4 is 17.6 Å². The van der Waals surface area contributed by atoms with E-state index in [9.17, 15) is 9.18 Å². The SMILES string of the molecule is CCc1oc(N2CCCOCC2)nc1C(=O)Nc1cc(C)c(OC2CC3C[C@H]3C2)c(F)c1. The average Bonchev–Trinajstić information content (AvgIpc) is 3.28. The maximum absolute atomic E-state index is 14.8. The van der Waals surface area contributed by atoms with Crippen LogP contribution in [-0.2, 0) is 11.2 Å². The van der Waals surface area contributed by atoms with E-state index in [1.54, 1.807) is 13.0 Å². The lowest BCUT2D eigenvalue weighted by Gasteiger charge is -2.18. The van der Waals surface area contributed by atoms with Gasteiger partial charge in [0.25, 0.3) is 11.9 Å². The molecule has 2 saturated carbocycles. The first-order valence-electron chi connectivity index (χ1n) is 11.6. The van der Waals surface area contributed by atoms with Crippen molar-refractivity contribution in [1.29, 1.82) is 0 Å². The minimum absolute atomic E-state index is 0.0949. The third-order valence-electron chi connectivity index (χ3n) is 6.69. The Morgan fingerprint density at radius 2 is 2.06 bits per heavy atom. The topological polar surface area (TPSA) is 76.8 Å². The number of hydrogen-bond donors (Lipinski definition) is 1. The number of aryl methyl sites for hydroxylation is 2. The zero-order valence-corrected chi connectivity index (χ0v) is 18.7. The van der Waals surface area contributed by atoms with Crippen LogP contribution in [0, 0.1) is 24.6 Å². The van der Waals surface area contributed by atoms with Crippen molar-refractivity contribution in [2.24, 2.45) is 11.8 Å². The molecule has 1 aromatic carbocycles. The molecule has 1 N–H and O–H groups in total. The van der Waals surface area contributed by atoms with E-state index < -0.39 is 11.7 Å². The van der Waals surface area contributed by atoms with E-state index >= 15 is 0 Å². The monoisotopic (exact) mass is 443 g/mol. The number of rotatable bonds is 6. The molecule has 3 atom stereocenters. The van der Waals surface area contributed by atoms with Crippen molar-refractivity contribution in [2.75, 3.05) is 36.5 Å². The van der Waals surface area contributed by atoms with Gasteiger partial charge in [-0.25, -0.2) is 4.39 Å². The van der Waals surface area contributed by atoms with Crippen LogP contribution in [0.1, 0.15) is 54.4 Å². The largest absolute Gasteiger partial charge is 0.487 e. The number of aromatic nitrogens is 1. The zero-order chi connectivity index (χ0) is 22.2. The Morgan fingerprint density at radius 1 is 1.25 bits per heavy atom. The third kappa shape index (κ3) is 4.33. The number of fused-ring (bicyclic) bond motifs is 1. The first kappa shape index (κ1) is 21.2. The molecule has 7 nitrogen and oxygen atoms in total. The van der Waals surface area contributed by atoms with Crippen LogP contribution in [0.2, 0.25) is 0 Å². The Kier molecular flexibility index (Phi) is 5.80. The van der Waals surface area contributed by atoms with Crippen molar-refractivity contribution in [3.63, 3.8) is 0 Å². The van der Waals surface area contributed by atoms with E-state index in [2.05, 4.69) is 10.3 Å². The van der Waals surface area contributed by atoms with Crippen molar-refractivity contribution in [3.8, 4) is 5.75 Å². The molecule has 1 aromatic heterocycles. The quantitative estimate of drug-likeness (QED) is 0.716. The van der Waals surface area contributed by atoms with Crippen molar-refractivity contribution < 1.29 is 23.1 Å². The average molecular weight is 444 g/mol. The maximum Gasteiger partial charge on any atom is 0.298 e. The second-order valence-electron chi connectivity index (χ2n) is 9.10. The van der Waals surface area contributed by atoms with Gasteiger partial charge in [-0.3, -0.25) is 4.79 Å². The fraction of sp³-hybridized carbons (Fsp3) is 0.583. The highest BCUT2D eigenvalue weighted by molar-refractivity contribution is 6.03. The van der Waals surface area contributed by atoms with Gasteiger partial charge >= 0.3 is 0 Å². The molecule has 1 amide bonds. The Morgan fingerprint density at radius 3 is 2.81 bits per heavy atom. The number of carbonyl (C=O) groups is 1. The number of amides is 1. The van der Waals surface area contributed by atoms with Gasteiger partial charge in [0.1, 0.15) is 5.76 Å². The molecule has 1 saturated heterocycles. The summed E-state index contributed by atoms with van der Waals surface area (Å²) in [5.41, 5.74) is 1.28. The summed E-state index contributed by atoms with van der Waals surface area (Å²) in [6, 6.07) is 3.48. The first-order chi connectivity index (χ1) is 15.5. The molecule has 8 heteroatoms. The second-order valence-corrected chi connectivity index (χ2v) is 9.10. The number of ether oxygens (including phenoxy) is 2. The van der Waals surface area contributed by atoms with E-state index in [1.165, 1.54) is 12.5 Å². The number of anilines is 2. The predicted molar refractivity (Wildman–Crippen MR) is 118 cm³/mol. The fourth-order valence-electron chi connectivity index (χ4n) is 4.89. The van der Waals surface area contributed by atoms with Gasteiger partial charge in [-0.05, 0) is 56.1 Å². The zero-order valence-electron chi connectivity index (χ0n) is 18.7. The van der Waals surface area contributed by atoms with E-state index in [0.29, 0.717) is 49.2 Å². The molecule has 172 valence electrons. The summed E-state index contributed by atoms with van der Waals surface area (Å²) in [6.07, 6.45) is 4.82. The number of halogens is 1. The summed E-state index contributed by atoms with van der Waals surface area (Å²) in [5.74, 6) is 1.47. The number of hydrogen-bond acceptors (Lipinski definition) is 6. The molecule has 0 spiro atoms. The second kappa shape index (κ2) is 8.73. The molecule has 0 radical (unpaired) electrons. The van der Waals surface area contributed by atoms with Crippen molar-refractivity contribution in [1.82, 2.24) is 4.98 Å². The molecule has 0 bridgehead atoms. The summed E-state index contributed by atoms with van der Waals surface area (Å²) in [4.78, 5) is 19.4. The molecule has 2 aromatic rings. The minimum atomic E-state index is -0.456. The third-order valence-corrected chi connectivity index (χ3v) is 6.69. The van der Waals surface area contributed by atoms with Crippen LogP contribution >= 0.6 is 0 Å². The molecule has 2 heterocycles. The van der Waals surface area contributed by atoms with Crippen LogP contribution in [0.15, 0.2) is 16.5 Å². The van der Waals surface area contributed by atoms with Crippen molar-refractivity contribution in [3.05, 3.63) is 35.0 Å². The molecule has 3 aliphatic rings. The smallest absolute Gasteiger partial charge is 0.298 e. The van der Waals surface area contributed by atoms with Crippen LogP contribution < -0.4 is 15.0 Å². The first-order valence-corrected chi connectivity index (χ1v) is 11.6. The molecular formula is C24H30FN3O4. The summed E-state index contributed by atoms with van der Waals surface area (Å²) >= 11 is 0. The summed E-state index contributed by atoms with van der Waals surface area (Å²) in [5, 5.41) is 2.78. The number of nitrogens with zero attached hydrogens (tertiary/aromatic N) is 2. The highest BCUT2D eigenvalue weighted by Crippen LogP contribution is 2.52. The van der Waals surface area contributed by atoms with Gasteiger partial charge < -0.3 is 24.1 Å². The van der Waals surface area contributed by atoms with E-state index in [0.717, 1.165) is 37.6 Å². The highest BCUT2D eigenvalue weighted by Gasteiger charge is 2.47. The molecular weight excluding hydrogens is 413 g/mol. The Labute approximate surface area is 187 Å². The Hall–Kier alpha value is -2.61. The number of benzene rings is 1. The van der Waals surface area contributed by atoms with E-state index in [1.807, 2.05) is 11.8 Å². The predicted octanol–water partition coefficient (Wildman–Crippen LogP) is 4.34. The molecule has 2 aliphatic carbocycles. The number of oxazole rings is 1. The summed E-state index contributed by atoms with van der Waals surface area (Å²) in [7, 11) is 0. The van der Waals surface area contributed by atoms with Crippen LogP contribution in [0.5, 0.6) is 5.75 Å². The van der Waals surface area contributed by atoms with Gasteiger partial charge in [0, 0.05) is 37.9 Å². The van der Waals surface area contributed by atoms with Crippen LogP contribution in [0.3, 0.4) is 0 Å². The molecule has 2 unspecified atom stereocenters. The van der Waals surface area contributed by atoms with Crippen LogP contribution in [0.25, 0.3) is 0 Å². The normalized spacial score (nSPS) is 24.7. The molecule has 3 fully saturated rings. The summed E-state index contributed by atoms with van der Waals surface area (Å²) in [6.45, 7) is 6.45. The molecule has 32 heavy (non-hydrogen) atoms. The standard InChI is InChI=1S/C24H30FN3O4/c1-3-20-21(27-24(32-20)28-5-4-7-30-8-6-28)23(29)26-17-9-14(2)22(19(25)13-17)31-18-11-15-10-16(15)12-18/h9,13,15-16,18H,3-8,10-12H2,1-2H3,(H,26,29)/t15-,16?,18?/m0/s1. The number of carbonyl (C=O) groups excluding carboxylic acids is 1. The lowest BCUT2D eigenvalue weighted by molar-refractivity contribution is 0.102. The fourth-order valence-corrected chi connectivity index (χ4v) is 4.89. The van der Waals surface area contributed by atoms with Gasteiger partial charge in [0.2, 0.25) is 0 Å². The Bertz CT molecular complexity index is 966.